The van der Waals surface area contributed by atoms with Crippen LogP contribution in [0.25, 0.3) is 11.8 Å². The number of furan rings is 1. The fourth-order valence-corrected chi connectivity index (χ4v) is 7.12. The van der Waals surface area contributed by atoms with Gasteiger partial charge in [-0.1, -0.05) is 47.7 Å². The molecule has 0 bridgehead atoms. The highest BCUT2D eigenvalue weighted by molar-refractivity contribution is 9.10. The summed E-state index contributed by atoms with van der Waals surface area (Å²) in [4.78, 5) is 41.6. The Morgan fingerprint density at radius 1 is 1.11 bits per heavy atom. The molecule has 10 nitrogen and oxygen atoms in total. The molecule has 13 heteroatoms. The lowest BCUT2D eigenvalue weighted by Gasteiger charge is -2.26. The van der Waals surface area contributed by atoms with E-state index < -0.39 is 12.0 Å². The van der Waals surface area contributed by atoms with Gasteiger partial charge in [0, 0.05) is 24.0 Å². The van der Waals surface area contributed by atoms with Gasteiger partial charge in [0.1, 0.15) is 5.76 Å². The number of fused-ring (bicyclic) bond motifs is 2. The van der Waals surface area contributed by atoms with Gasteiger partial charge in [0.15, 0.2) is 26.5 Å². The van der Waals surface area contributed by atoms with Crippen LogP contribution >= 0.6 is 39.0 Å². The van der Waals surface area contributed by atoms with Crippen molar-refractivity contribution in [2.75, 3.05) is 13.4 Å². The maximum atomic E-state index is 14.2. The smallest absolute Gasteiger partial charge is 0.338 e. The summed E-state index contributed by atoms with van der Waals surface area (Å²) in [5.41, 5.74) is 1.72. The van der Waals surface area contributed by atoms with Crippen LogP contribution in [-0.2, 0) is 9.53 Å². The fourth-order valence-electron chi connectivity index (χ4n) is 4.90. The largest absolute Gasteiger partial charge is 0.463 e. The molecule has 2 aliphatic rings. The minimum absolute atomic E-state index is 0.0900. The van der Waals surface area contributed by atoms with Crippen molar-refractivity contribution in [2.24, 2.45) is 4.99 Å². The lowest BCUT2D eigenvalue weighted by atomic mass is 9.93. The summed E-state index contributed by atoms with van der Waals surface area (Å²) in [5, 5.41) is 1.07. The number of carbonyl (C=O) groups is 1. The summed E-state index contributed by atoms with van der Waals surface area (Å²) >= 11 is 5.99. The molecule has 0 saturated carbocycles. The van der Waals surface area contributed by atoms with Crippen molar-refractivity contribution >= 4 is 56.8 Å². The van der Waals surface area contributed by atoms with Gasteiger partial charge in [-0.05, 0) is 64.4 Å². The van der Waals surface area contributed by atoms with Crippen molar-refractivity contribution < 1.29 is 23.4 Å². The van der Waals surface area contributed by atoms with Gasteiger partial charge in [0.05, 0.1) is 32.9 Å². The molecule has 0 spiro atoms. The van der Waals surface area contributed by atoms with E-state index in [2.05, 4.69) is 25.9 Å². The van der Waals surface area contributed by atoms with Gasteiger partial charge in [-0.25, -0.2) is 19.8 Å². The molecule has 0 aliphatic carbocycles. The van der Waals surface area contributed by atoms with Gasteiger partial charge in [0.2, 0.25) is 6.79 Å². The van der Waals surface area contributed by atoms with Crippen LogP contribution in [0.4, 0.5) is 0 Å². The highest BCUT2D eigenvalue weighted by atomic mass is 79.9. The lowest BCUT2D eigenvalue weighted by molar-refractivity contribution is -0.138. The van der Waals surface area contributed by atoms with E-state index in [1.807, 2.05) is 36.4 Å². The average molecular weight is 690 g/mol. The van der Waals surface area contributed by atoms with Gasteiger partial charge >= 0.3 is 5.97 Å². The van der Waals surface area contributed by atoms with E-state index in [9.17, 15) is 9.59 Å². The third-order valence-corrected chi connectivity index (χ3v) is 9.48. The number of halogens is 1. The molecule has 1 atom stereocenters. The summed E-state index contributed by atoms with van der Waals surface area (Å²) in [6, 6.07) is 17.4. The van der Waals surface area contributed by atoms with E-state index in [0.717, 1.165) is 5.56 Å². The molecule has 0 saturated heterocycles. The van der Waals surface area contributed by atoms with Crippen molar-refractivity contribution in [3.05, 3.63) is 120 Å². The van der Waals surface area contributed by atoms with E-state index in [1.54, 1.807) is 49.7 Å². The monoisotopic (exact) mass is 688 g/mol. The van der Waals surface area contributed by atoms with Crippen LogP contribution in [-0.4, -0.2) is 33.9 Å². The number of aromatic nitrogens is 3. The van der Waals surface area contributed by atoms with Crippen molar-refractivity contribution in [1.82, 2.24) is 14.5 Å². The number of rotatable bonds is 7. The maximum absolute atomic E-state index is 14.2. The van der Waals surface area contributed by atoms with Gasteiger partial charge in [-0.15, -0.1) is 0 Å². The second kappa shape index (κ2) is 11.9. The molecule has 2 aliphatic heterocycles. The van der Waals surface area contributed by atoms with E-state index in [4.69, 9.17) is 23.6 Å². The predicted molar refractivity (Wildman–Crippen MR) is 166 cm³/mol. The van der Waals surface area contributed by atoms with Crippen LogP contribution in [0, 0.1) is 0 Å². The molecule has 0 amide bonds. The van der Waals surface area contributed by atoms with Gasteiger partial charge in [-0.3, -0.25) is 9.36 Å². The molecule has 0 fully saturated rings. The average Bonchev–Trinajstić information content (AvgIpc) is 3.74. The first-order valence-corrected chi connectivity index (χ1v) is 15.8. The minimum Gasteiger partial charge on any atom is -0.463 e. The normalized spacial score (nSPS) is 15.7. The van der Waals surface area contributed by atoms with Gasteiger partial charge in [-0.2, -0.15) is 0 Å². The Bertz CT molecular complexity index is 2110. The number of hydrogen-bond acceptors (Lipinski definition) is 11. The Balaban J connectivity index is 1.41. The zero-order chi connectivity index (χ0) is 30.2. The SMILES string of the molecule is CCOC(=O)C1=C(c2ccccc2)N=c2s/c(=C/c3cc(Br)c(Sc4ncccn4)o3)c(=O)n2[C@@H]1c1ccc2c(c1)OCO2. The molecule has 5 heterocycles. The van der Waals surface area contributed by atoms with Crippen LogP contribution < -0.4 is 24.4 Å². The molecule has 5 aromatic rings. The maximum Gasteiger partial charge on any atom is 0.338 e. The highest BCUT2D eigenvalue weighted by Gasteiger charge is 2.36. The standard InChI is InChI=1S/C31H21BrN4O6S2/c1-2-39-28(38)24-25(17-7-4-3-5-8-17)35-31-36(26(24)18-9-10-21-22(13-18)41-16-40-21)27(37)23(43-31)15-19-14-20(32)29(42-19)44-30-33-11-6-12-34-30/h3-15,26H,2,16H2,1H3/b23-15+/t26-/m1/s1. The quantitative estimate of drug-likeness (QED) is 0.173. The molecule has 3 aromatic heterocycles. The van der Waals surface area contributed by atoms with Crippen LogP contribution in [0.5, 0.6) is 11.5 Å². The zero-order valence-corrected chi connectivity index (χ0v) is 26.1. The van der Waals surface area contributed by atoms with Crippen molar-refractivity contribution in [3.63, 3.8) is 0 Å². The zero-order valence-electron chi connectivity index (χ0n) is 22.9. The Labute approximate surface area is 266 Å². The molecule has 0 unspecified atom stereocenters. The van der Waals surface area contributed by atoms with Gasteiger partial charge in [0.25, 0.3) is 5.56 Å². The second-order valence-electron chi connectivity index (χ2n) is 9.46. The van der Waals surface area contributed by atoms with Crippen LogP contribution in [0.3, 0.4) is 0 Å². The fraction of sp³-hybridized carbons (Fsp3) is 0.129. The highest BCUT2D eigenvalue weighted by Crippen LogP contribution is 2.40. The van der Waals surface area contributed by atoms with E-state index in [-0.39, 0.29) is 24.5 Å². The topological polar surface area (TPSA) is 118 Å². The first kappa shape index (κ1) is 28.3. The number of carbonyl (C=O) groups excluding carboxylic acids is 1. The molecular weight excluding hydrogens is 668 g/mol. The summed E-state index contributed by atoms with van der Waals surface area (Å²) in [6.07, 6.45) is 4.97. The molecule has 220 valence electrons. The van der Waals surface area contributed by atoms with E-state index in [1.165, 1.54) is 27.7 Å². The number of nitrogens with zero attached hydrogens (tertiary/aromatic N) is 4. The van der Waals surface area contributed by atoms with Crippen molar-refractivity contribution in [2.45, 2.75) is 23.2 Å². The number of ether oxygens (including phenoxy) is 3. The number of benzene rings is 2. The Morgan fingerprint density at radius 3 is 2.70 bits per heavy atom. The molecule has 44 heavy (non-hydrogen) atoms. The number of hydrogen-bond donors (Lipinski definition) is 0. The molecule has 7 rings (SSSR count). The summed E-state index contributed by atoms with van der Waals surface area (Å²) in [7, 11) is 0. The summed E-state index contributed by atoms with van der Waals surface area (Å²) in [6.45, 7) is 1.99. The number of thiazole rings is 1. The van der Waals surface area contributed by atoms with Gasteiger partial charge < -0.3 is 18.6 Å². The third kappa shape index (κ3) is 5.27. The summed E-state index contributed by atoms with van der Waals surface area (Å²) < 4.78 is 25.3. The van der Waals surface area contributed by atoms with E-state index in [0.29, 0.717) is 52.6 Å². The van der Waals surface area contributed by atoms with Crippen LogP contribution in [0.2, 0.25) is 0 Å². The first-order chi connectivity index (χ1) is 21.5. The Morgan fingerprint density at radius 2 is 1.91 bits per heavy atom. The summed E-state index contributed by atoms with van der Waals surface area (Å²) in [5.74, 6) is 1.00. The molecular formula is C31H21BrN4O6S2. The van der Waals surface area contributed by atoms with Crippen LogP contribution in [0.15, 0.2) is 108 Å². The van der Waals surface area contributed by atoms with Crippen molar-refractivity contribution in [3.8, 4) is 11.5 Å². The lowest BCUT2D eigenvalue weighted by Crippen LogP contribution is -2.40. The van der Waals surface area contributed by atoms with Crippen molar-refractivity contribution in [1.29, 1.82) is 0 Å². The third-order valence-electron chi connectivity index (χ3n) is 6.76. The second-order valence-corrected chi connectivity index (χ2v) is 12.3. The Hall–Kier alpha value is -4.46. The first-order valence-electron chi connectivity index (χ1n) is 13.4. The van der Waals surface area contributed by atoms with E-state index >= 15 is 0 Å². The molecule has 0 N–H and O–H groups in total. The minimum atomic E-state index is -0.846. The number of esters is 1. The molecule has 2 aromatic carbocycles. The van der Waals surface area contributed by atoms with Crippen LogP contribution in [0.1, 0.15) is 29.9 Å². The Kier molecular flexibility index (Phi) is 7.66. The predicted octanol–water partition coefficient (Wildman–Crippen LogP) is 4.96. The molecule has 0 radical (unpaired) electrons.